The summed E-state index contributed by atoms with van der Waals surface area (Å²) in [7, 11) is 0. The Morgan fingerprint density at radius 2 is 1.88 bits per heavy atom. The second-order valence-electron chi connectivity index (χ2n) is 5.74. The lowest BCUT2D eigenvalue weighted by Crippen LogP contribution is -2.06. The average molecular weight is 349 g/mol. The Balaban J connectivity index is 1.92. The van der Waals surface area contributed by atoms with E-state index in [4.69, 9.17) is 5.26 Å². The van der Waals surface area contributed by atoms with Crippen LogP contribution >= 0.6 is 11.8 Å². The number of hydrogen-bond acceptors (Lipinski definition) is 5. The minimum absolute atomic E-state index is 0.309. The molecule has 126 valence electrons. The van der Waals surface area contributed by atoms with E-state index in [0.29, 0.717) is 18.2 Å². The SMILES string of the molecule is C[C@H](CCC#N)Sc1nnc(-c2ccncc2)n1Cc1ccccc1. The molecule has 1 atom stereocenters. The van der Waals surface area contributed by atoms with Crippen molar-refractivity contribution in [3.05, 3.63) is 60.4 Å². The standard InChI is InChI=1S/C19H19N5S/c1-15(6-5-11-20)25-19-23-22-18(17-9-12-21-13-10-17)24(19)14-16-7-3-2-4-8-16/h2-4,7-10,12-13,15H,5-6,14H2,1H3/t15-/m1/s1. The number of thioether (sulfide) groups is 1. The maximum Gasteiger partial charge on any atom is 0.192 e. The van der Waals surface area contributed by atoms with Gasteiger partial charge in [0.15, 0.2) is 11.0 Å². The Bertz CT molecular complexity index is 839. The fraction of sp³-hybridized carbons (Fsp3) is 0.263. The van der Waals surface area contributed by atoms with Crippen LogP contribution in [0.5, 0.6) is 0 Å². The molecule has 5 nitrogen and oxygen atoms in total. The third kappa shape index (κ3) is 4.46. The maximum absolute atomic E-state index is 8.79. The largest absolute Gasteiger partial charge is 0.298 e. The molecule has 6 heteroatoms. The zero-order valence-corrected chi connectivity index (χ0v) is 14.9. The molecule has 0 N–H and O–H groups in total. The number of hydrogen-bond donors (Lipinski definition) is 0. The molecule has 0 aliphatic rings. The Kier molecular flexibility index (Phi) is 5.81. The molecule has 0 radical (unpaired) electrons. The second kappa shape index (κ2) is 8.45. The molecule has 2 aromatic heterocycles. The van der Waals surface area contributed by atoms with Crippen LogP contribution in [-0.4, -0.2) is 25.0 Å². The van der Waals surface area contributed by atoms with E-state index in [0.717, 1.165) is 23.0 Å². The first-order chi connectivity index (χ1) is 12.3. The monoisotopic (exact) mass is 349 g/mol. The second-order valence-corrected chi connectivity index (χ2v) is 7.14. The molecule has 0 aliphatic carbocycles. The van der Waals surface area contributed by atoms with Crippen LogP contribution in [0.4, 0.5) is 0 Å². The lowest BCUT2D eigenvalue weighted by Gasteiger charge is -2.13. The minimum atomic E-state index is 0.309. The lowest BCUT2D eigenvalue weighted by atomic mass is 10.2. The molecule has 25 heavy (non-hydrogen) atoms. The molecule has 0 saturated heterocycles. The van der Waals surface area contributed by atoms with E-state index in [1.807, 2.05) is 30.3 Å². The first-order valence-electron chi connectivity index (χ1n) is 8.19. The van der Waals surface area contributed by atoms with E-state index in [-0.39, 0.29) is 0 Å². The van der Waals surface area contributed by atoms with Gasteiger partial charge in [-0.2, -0.15) is 5.26 Å². The Hall–Kier alpha value is -2.65. The first kappa shape index (κ1) is 17.2. The van der Waals surface area contributed by atoms with Gasteiger partial charge < -0.3 is 0 Å². The van der Waals surface area contributed by atoms with Crippen molar-refractivity contribution >= 4 is 11.8 Å². The van der Waals surface area contributed by atoms with Crippen LogP contribution in [0.1, 0.15) is 25.3 Å². The number of nitrogens with zero attached hydrogens (tertiary/aromatic N) is 5. The zero-order valence-electron chi connectivity index (χ0n) is 14.0. The van der Waals surface area contributed by atoms with Crippen LogP contribution in [0.25, 0.3) is 11.4 Å². The topological polar surface area (TPSA) is 67.4 Å². The third-order valence-electron chi connectivity index (χ3n) is 3.81. The van der Waals surface area contributed by atoms with Gasteiger partial charge in [0.25, 0.3) is 0 Å². The molecule has 0 spiro atoms. The molecule has 0 bridgehead atoms. The molecular weight excluding hydrogens is 330 g/mol. The van der Waals surface area contributed by atoms with Gasteiger partial charge in [0.05, 0.1) is 12.6 Å². The van der Waals surface area contributed by atoms with Crippen molar-refractivity contribution in [3.8, 4) is 17.5 Å². The lowest BCUT2D eigenvalue weighted by molar-refractivity contribution is 0.709. The number of benzene rings is 1. The fourth-order valence-electron chi connectivity index (χ4n) is 2.51. The summed E-state index contributed by atoms with van der Waals surface area (Å²) in [5.74, 6) is 0.834. The molecule has 2 heterocycles. The van der Waals surface area contributed by atoms with Gasteiger partial charge >= 0.3 is 0 Å². The van der Waals surface area contributed by atoms with Gasteiger partial charge in [-0.3, -0.25) is 9.55 Å². The van der Waals surface area contributed by atoms with E-state index < -0.39 is 0 Å². The number of nitriles is 1. The van der Waals surface area contributed by atoms with E-state index >= 15 is 0 Å². The predicted molar refractivity (Wildman–Crippen MR) is 99.0 cm³/mol. The van der Waals surface area contributed by atoms with Crippen LogP contribution in [-0.2, 0) is 6.54 Å². The quantitative estimate of drug-likeness (QED) is 0.599. The van der Waals surface area contributed by atoms with Crippen LogP contribution < -0.4 is 0 Å². The van der Waals surface area contributed by atoms with E-state index in [1.165, 1.54) is 5.56 Å². The molecule has 0 amide bonds. The molecule has 3 rings (SSSR count). The van der Waals surface area contributed by atoms with Crippen molar-refractivity contribution < 1.29 is 0 Å². The summed E-state index contributed by atoms with van der Waals surface area (Å²) in [5, 5.41) is 18.8. The van der Waals surface area contributed by atoms with Gasteiger partial charge in [0.2, 0.25) is 0 Å². The molecule has 0 fully saturated rings. The molecule has 1 aromatic carbocycles. The highest BCUT2D eigenvalue weighted by Gasteiger charge is 2.17. The molecule has 0 unspecified atom stereocenters. The summed E-state index contributed by atoms with van der Waals surface area (Å²) in [4.78, 5) is 4.08. The summed E-state index contributed by atoms with van der Waals surface area (Å²) in [6.07, 6.45) is 4.92. The highest BCUT2D eigenvalue weighted by molar-refractivity contribution is 7.99. The van der Waals surface area contributed by atoms with Crippen LogP contribution in [0, 0.1) is 11.3 Å². The van der Waals surface area contributed by atoms with Crippen molar-refractivity contribution in [2.75, 3.05) is 0 Å². The highest BCUT2D eigenvalue weighted by Crippen LogP contribution is 2.29. The maximum atomic E-state index is 8.79. The summed E-state index contributed by atoms with van der Waals surface area (Å²) in [6.45, 7) is 2.83. The minimum Gasteiger partial charge on any atom is -0.298 e. The molecular formula is C19H19N5S. The van der Waals surface area contributed by atoms with E-state index in [2.05, 4.69) is 44.9 Å². The van der Waals surface area contributed by atoms with Crippen molar-refractivity contribution in [1.82, 2.24) is 19.7 Å². The summed E-state index contributed by atoms with van der Waals surface area (Å²) in [6, 6.07) is 16.4. The Morgan fingerprint density at radius 3 is 2.60 bits per heavy atom. The van der Waals surface area contributed by atoms with Gasteiger partial charge in [-0.25, -0.2) is 0 Å². The van der Waals surface area contributed by atoms with Crippen LogP contribution in [0.2, 0.25) is 0 Å². The average Bonchev–Trinajstić information content (AvgIpc) is 3.04. The van der Waals surface area contributed by atoms with Crippen molar-refractivity contribution in [1.29, 1.82) is 5.26 Å². The van der Waals surface area contributed by atoms with Crippen molar-refractivity contribution in [2.24, 2.45) is 0 Å². The van der Waals surface area contributed by atoms with E-state index in [9.17, 15) is 0 Å². The Morgan fingerprint density at radius 1 is 1.12 bits per heavy atom. The van der Waals surface area contributed by atoms with Gasteiger partial charge in [0.1, 0.15) is 0 Å². The van der Waals surface area contributed by atoms with Gasteiger partial charge in [0, 0.05) is 29.6 Å². The highest BCUT2D eigenvalue weighted by atomic mass is 32.2. The van der Waals surface area contributed by atoms with E-state index in [1.54, 1.807) is 24.2 Å². The van der Waals surface area contributed by atoms with Gasteiger partial charge in [-0.1, -0.05) is 49.0 Å². The Labute approximate surface area is 151 Å². The fourth-order valence-corrected chi connectivity index (χ4v) is 3.47. The third-order valence-corrected chi connectivity index (χ3v) is 4.96. The normalized spacial score (nSPS) is 11.8. The number of aromatic nitrogens is 4. The molecule has 0 saturated carbocycles. The van der Waals surface area contributed by atoms with Gasteiger partial charge in [-0.05, 0) is 24.1 Å². The van der Waals surface area contributed by atoms with Crippen LogP contribution in [0.15, 0.2) is 60.0 Å². The zero-order chi connectivity index (χ0) is 17.5. The summed E-state index contributed by atoms with van der Waals surface area (Å²) >= 11 is 1.67. The number of rotatable bonds is 7. The predicted octanol–water partition coefficient (Wildman–Crippen LogP) is 4.17. The smallest absolute Gasteiger partial charge is 0.192 e. The number of pyridine rings is 1. The van der Waals surface area contributed by atoms with Crippen LogP contribution in [0.3, 0.4) is 0 Å². The van der Waals surface area contributed by atoms with Gasteiger partial charge in [-0.15, -0.1) is 10.2 Å². The first-order valence-corrected chi connectivity index (χ1v) is 9.07. The summed E-state index contributed by atoms with van der Waals surface area (Å²) < 4.78 is 2.14. The molecule has 0 aliphatic heterocycles. The van der Waals surface area contributed by atoms with Crippen molar-refractivity contribution in [3.63, 3.8) is 0 Å². The van der Waals surface area contributed by atoms with Crippen molar-refractivity contribution in [2.45, 2.75) is 36.7 Å². The molecule has 3 aromatic rings. The summed E-state index contributed by atoms with van der Waals surface area (Å²) in [5.41, 5.74) is 2.19.